The number of H-pyrrole nitrogens is 1. The lowest BCUT2D eigenvalue weighted by atomic mass is 10.1. The summed E-state index contributed by atoms with van der Waals surface area (Å²) in [5.74, 6) is -0.982. The number of aromatic amines is 1. The Morgan fingerprint density at radius 1 is 1.11 bits per heavy atom. The Kier molecular flexibility index (Phi) is 4.56. The third-order valence-electron chi connectivity index (χ3n) is 5.06. The first-order valence-corrected chi connectivity index (χ1v) is 9.12. The van der Waals surface area contributed by atoms with Crippen molar-refractivity contribution in [1.82, 2.24) is 4.98 Å². The summed E-state index contributed by atoms with van der Waals surface area (Å²) in [6.07, 6.45) is 2.27. The number of halogens is 2. The van der Waals surface area contributed by atoms with Crippen molar-refractivity contribution in [2.45, 2.75) is 26.2 Å². The van der Waals surface area contributed by atoms with Crippen molar-refractivity contribution in [1.29, 1.82) is 0 Å². The molecule has 0 atom stereocenters. The van der Waals surface area contributed by atoms with E-state index in [1.54, 1.807) is 12.1 Å². The molecule has 1 saturated heterocycles. The molecule has 0 radical (unpaired) electrons. The van der Waals surface area contributed by atoms with Gasteiger partial charge in [0, 0.05) is 41.1 Å². The van der Waals surface area contributed by atoms with Crippen molar-refractivity contribution in [3.63, 3.8) is 0 Å². The van der Waals surface area contributed by atoms with Crippen molar-refractivity contribution in [3.8, 4) is 0 Å². The Morgan fingerprint density at radius 3 is 2.67 bits per heavy atom. The van der Waals surface area contributed by atoms with Crippen molar-refractivity contribution in [3.05, 3.63) is 59.3 Å². The van der Waals surface area contributed by atoms with Crippen LogP contribution < -0.4 is 10.2 Å². The van der Waals surface area contributed by atoms with Gasteiger partial charge in [0.25, 0.3) is 0 Å². The average molecular weight is 369 g/mol. The topological polar surface area (TPSA) is 48.1 Å². The van der Waals surface area contributed by atoms with Gasteiger partial charge in [-0.1, -0.05) is 0 Å². The molecule has 4 nitrogen and oxygen atoms in total. The molecule has 2 heterocycles. The number of carbonyl (C=O) groups excluding carboxylic acids is 1. The molecule has 1 fully saturated rings. The lowest BCUT2D eigenvalue weighted by Gasteiger charge is -2.19. The fourth-order valence-electron chi connectivity index (χ4n) is 3.75. The van der Waals surface area contributed by atoms with Gasteiger partial charge in [-0.05, 0) is 61.7 Å². The number of nitrogens with zero attached hydrogens (tertiary/aromatic N) is 1. The second kappa shape index (κ2) is 7.02. The standard InChI is InChI=1S/C21H21F2N3O/c1-13-18(19-10-14(22)4-5-20(19)24-13)12-21(27)25-16-8-15(23)9-17(11-16)26-6-2-3-7-26/h4-5,8-11,24H,2-3,6-7,12H2,1H3,(H,25,27). The fraction of sp³-hybridized carbons (Fsp3) is 0.286. The van der Waals surface area contributed by atoms with Gasteiger partial charge >= 0.3 is 0 Å². The summed E-state index contributed by atoms with van der Waals surface area (Å²) in [5.41, 5.74) is 3.58. The summed E-state index contributed by atoms with van der Waals surface area (Å²) in [6.45, 7) is 3.65. The van der Waals surface area contributed by atoms with Gasteiger partial charge in [0.05, 0.1) is 6.42 Å². The summed E-state index contributed by atoms with van der Waals surface area (Å²) in [4.78, 5) is 17.8. The fourth-order valence-corrected chi connectivity index (χ4v) is 3.75. The van der Waals surface area contributed by atoms with Gasteiger partial charge in [0.2, 0.25) is 5.91 Å². The number of aromatic nitrogens is 1. The van der Waals surface area contributed by atoms with E-state index >= 15 is 0 Å². The van der Waals surface area contributed by atoms with Crippen LogP contribution in [-0.2, 0) is 11.2 Å². The number of benzene rings is 2. The second-order valence-corrected chi connectivity index (χ2v) is 7.04. The number of amides is 1. The number of hydrogen-bond acceptors (Lipinski definition) is 2. The SMILES string of the molecule is Cc1[nH]c2ccc(F)cc2c1CC(=O)Nc1cc(F)cc(N2CCCC2)c1. The summed E-state index contributed by atoms with van der Waals surface area (Å²) in [6, 6.07) is 9.08. The predicted octanol–water partition coefficient (Wildman–Crippen LogP) is 4.54. The first-order valence-electron chi connectivity index (χ1n) is 9.12. The van der Waals surface area contributed by atoms with Crippen LogP contribution in [0.4, 0.5) is 20.2 Å². The summed E-state index contributed by atoms with van der Waals surface area (Å²) in [5, 5.41) is 3.47. The van der Waals surface area contributed by atoms with Gasteiger partial charge in [-0.25, -0.2) is 8.78 Å². The first-order chi connectivity index (χ1) is 13.0. The van der Waals surface area contributed by atoms with E-state index < -0.39 is 0 Å². The predicted molar refractivity (Wildman–Crippen MR) is 103 cm³/mol. The van der Waals surface area contributed by atoms with E-state index in [-0.39, 0.29) is 24.0 Å². The number of anilines is 2. The molecule has 1 aliphatic rings. The molecule has 1 aromatic heterocycles. The van der Waals surface area contributed by atoms with Crippen molar-refractivity contribution in [2.75, 3.05) is 23.3 Å². The third-order valence-corrected chi connectivity index (χ3v) is 5.06. The Labute approximate surface area is 156 Å². The average Bonchev–Trinajstić information content (AvgIpc) is 3.24. The van der Waals surface area contributed by atoms with E-state index in [0.717, 1.165) is 48.4 Å². The van der Waals surface area contributed by atoms with E-state index in [0.29, 0.717) is 11.1 Å². The molecule has 0 unspecified atom stereocenters. The van der Waals surface area contributed by atoms with Crippen LogP contribution in [0.2, 0.25) is 0 Å². The third kappa shape index (κ3) is 3.65. The van der Waals surface area contributed by atoms with Crippen LogP contribution in [0.1, 0.15) is 24.1 Å². The zero-order valence-electron chi connectivity index (χ0n) is 15.1. The molecule has 2 N–H and O–H groups in total. The van der Waals surface area contributed by atoms with Crippen LogP contribution in [0.5, 0.6) is 0 Å². The van der Waals surface area contributed by atoms with E-state index in [1.165, 1.54) is 24.3 Å². The molecular weight excluding hydrogens is 348 g/mol. The zero-order valence-corrected chi connectivity index (χ0v) is 15.1. The number of hydrogen-bond donors (Lipinski definition) is 2. The molecule has 2 aromatic carbocycles. The highest BCUT2D eigenvalue weighted by molar-refractivity contribution is 5.96. The monoisotopic (exact) mass is 369 g/mol. The minimum absolute atomic E-state index is 0.0881. The molecule has 0 spiro atoms. The minimum atomic E-state index is -0.375. The highest BCUT2D eigenvalue weighted by atomic mass is 19.1. The number of fused-ring (bicyclic) bond motifs is 1. The van der Waals surface area contributed by atoms with Crippen LogP contribution in [0, 0.1) is 18.6 Å². The van der Waals surface area contributed by atoms with Gasteiger partial charge in [-0.3, -0.25) is 4.79 Å². The molecule has 1 aliphatic heterocycles. The maximum Gasteiger partial charge on any atom is 0.228 e. The Morgan fingerprint density at radius 2 is 1.89 bits per heavy atom. The normalized spacial score (nSPS) is 14.1. The van der Waals surface area contributed by atoms with Crippen LogP contribution in [0.15, 0.2) is 36.4 Å². The Bertz CT molecular complexity index is 1010. The van der Waals surface area contributed by atoms with Crippen molar-refractivity contribution < 1.29 is 13.6 Å². The first kappa shape index (κ1) is 17.5. The van der Waals surface area contributed by atoms with Gasteiger partial charge in [0.15, 0.2) is 0 Å². The van der Waals surface area contributed by atoms with Crippen molar-refractivity contribution in [2.24, 2.45) is 0 Å². The lowest BCUT2D eigenvalue weighted by Crippen LogP contribution is -2.19. The van der Waals surface area contributed by atoms with Crippen LogP contribution in [0.25, 0.3) is 10.9 Å². The van der Waals surface area contributed by atoms with Crippen LogP contribution in [-0.4, -0.2) is 24.0 Å². The highest BCUT2D eigenvalue weighted by Gasteiger charge is 2.16. The second-order valence-electron chi connectivity index (χ2n) is 7.04. The molecule has 6 heteroatoms. The summed E-state index contributed by atoms with van der Waals surface area (Å²) < 4.78 is 27.6. The Hall–Kier alpha value is -2.89. The van der Waals surface area contributed by atoms with E-state index in [9.17, 15) is 13.6 Å². The quantitative estimate of drug-likeness (QED) is 0.710. The minimum Gasteiger partial charge on any atom is -0.371 e. The molecule has 0 saturated carbocycles. The van der Waals surface area contributed by atoms with E-state index in [1.807, 2.05) is 6.92 Å². The van der Waals surface area contributed by atoms with E-state index in [2.05, 4.69) is 15.2 Å². The number of carbonyl (C=O) groups is 1. The van der Waals surface area contributed by atoms with Gasteiger partial charge in [-0.15, -0.1) is 0 Å². The molecule has 3 aromatic rings. The molecule has 0 bridgehead atoms. The summed E-state index contributed by atoms with van der Waals surface area (Å²) in [7, 11) is 0. The maximum atomic E-state index is 14.0. The smallest absolute Gasteiger partial charge is 0.228 e. The zero-order chi connectivity index (χ0) is 19.0. The van der Waals surface area contributed by atoms with Gasteiger partial charge < -0.3 is 15.2 Å². The highest BCUT2D eigenvalue weighted by Crippen LogP contribution is 2.27. The summed E-state index contributed by atoms with van der Waals surface area (Å²) >= 11 is 0. The maximum absolute atomic E-state index is 14.0. The largest absolute Gasteiger partial charge is 0.371 e. The molecular formula is C21H21F2N3O. The van der Waals surface area contributed by atoms with Crippen LogP contribution in [0.3, 0.4) is 0 Å². The Balaban J connectivity index is 1.55. The van der Waals surface area contributed by atoms with Crippen molar-refractivity contribution >= 4 is 28.2 Å². The van der Waals surface area contributed by atoms with Gasteiger partial charge in [-0.2, -0.15) is 0 Å². The van der Waals surface area contributed by atoms with Crippen LogP contribution >= 0.6 is 0 Å². The molecule has 1 amide bonds. The van der Waals surface area contributed by atoms with Gasteiger partial charge in [0.1, 0.15) is 11.6 Å². The molecule has 0 aliphatic carbocycles. The molecule has 27 heavy (non-hydrogen) atoms. The number of rotatable bonds is 4. The lowest BCUT2D eigenvalue weighted by molar-refractivity contribution is -0.115. The number of aryl methyl sites for hydroxylation is 1. The number of nitrogens with one attached hydrogen (secondary N) is 2. The van der Waals surface area contributed by atoms with E-state index in [4.69, 9.17) is 0 Å². The molecule has 4 rings (SSSR count). The molecule has 140 valence electrons.